The molecule has 1 unspecified atom stereocenters. The quantitative estimate of drug-likeness (QED) is 0.788. The van der Waals surface area contributed by atoms with Crippen LogP contribution in [0.2, 0.25) is 0 Å². The van der Waals surface area contributed by atoms with Gasteiger partial charge in [-0.2, -0.15) is 0 Å². The Bertz CT molecular complexity index is 612. The molecular weight excluding hydrogens is 286 g/mol. The molecule has 1 aromatic carbocycles. The lowest BCUT2D eigenvalue weighted by atomic mass is 10.1. The molecule has 0 aliphatic carbocycles. The van der Waals surface area contributed by atoms with E-state index < -0.39 is 9.05 Å². The summed E-state index contributed by atoms with van der Waals surface area (Å²) in [5.74, 6) is 0.361. The fourth-order valence-corrected chi connectivity index (χ4v) is 3.18. The van der Waals surface area contributed by atoms with Crippen molar-refractivity contribution >= 4 is 25.6 Å². The topological polar surface area (TPSA) is 54.5 Å². The van der Waals surface area contributed by atoms with Gasteiger partial charge in [0.2, 0.25) is 0 Å². The average molecular weight is 302 g/mol. The monoisotopic (exact) mass is 301 g/mol. The molecule has 1 saturated heterocycles. The fraction of sp³-hybridized carbons (Fsp3) is 0.462. The van der Waals surface area contributed by atoms with Crippen LogP contribution in [0, 0.1) is 12.8 Å². The standard InChI is InChI=1S/C13H16ClNO3S/c1-9-3-4-15(8-9)13(16)11-5-10(2)6-12(7-11)19(14,17)18/h5-7,9H,3-4,8H2,1-2H3. The third kappa shape index (κ3) is 3.28. The Labute approximate surface area is 117 Å². The van der Waals surface area contributed by atoms with E-state index in [1.54, 1.807) is 17.9 Å². The van der Waals surface area contributed by atoms with Crippen LogP contribution in [0.25, 0.3) is 0 Å². The van der Waals surface area contributed by atoms with Crippen LogP contribution in [0.4, 0.5) is 0 Å². The zero-order chi connectivity index (χ0) is 14.2. The summed E-state index contributed by atoms with van der Waals surface area (Å²) in [6, 6.07) is 4.50. The summed E-state index contributed by atoms with van der Waals surface area (Å²) in [6.45, 7) is 5.28. The molecule has 1 aliphatic heterocycles. The Balaban J connectivity index is 2.35. The minimum absolute atomic E-state index is 0.0234. The molecule has 2 rings (SSSR count). The molecule has 19 heavy (non-hydrogen) atoms. The Morgan fingerprint density at radius 2 is 2.05 bits per heavy atom. The first-order chi connectivity index (χ1) is 8.77. The number of rotatable bonds is 2. The molecule has 1 fully saturated rings. The Morgan fingerprint density at radius 3 is 2.58 bits per heavy atom. The summed E-state index contributed by atoms with van der Waals surface area (Å²) >= 11 is 0. The lowest BCUT2D eigenvalue weighted by Gasteiger charge is -2.16. The minimum atomic E-state index is -3.81. The lowest BCUT2D eigenvalue weighted by Crippen LogP contribution is -2.28. The lowest BCUT2D eigenvalue weighted by molar-refractivity contribution is 0.0787. The summed E-state index contributed by atoms with van der Waals surface area (Å²) in [7, 11) is 1.52. The number of nitrogens with zero attached hydrogens (tertiary/aromatic N) is 1. The number of hydrogen-bond acceptors (Lipinski definition) is 3. The molecule has 1 atom stereocenters. The van der Waals surface area contributed by atoms with E-state index in [4.69, 9.17) is 10.7 Å². The summed E-state index contributed by atoms with van der Waals surface area (Å²) in [5.41, 5.74) is 1.09. The van der Waals surface area contributed by atoms with Crippen molar-refractivity contribution in [2.75, 3.05) is 13.1 Å². The molecule has 6 heteroatoms. The second-order valence-corrected chi connectivity index (χ2v) is 7.68. The SMILES string of the molecule is Cc1cc(C(=O)N2CCC(C)C2)cc(S(=O)(=O)Cl)c1. The van der Waals surface area contributed by atoms with Crippen LogP contribution in [0.3, 0.4) is 0 Å². The smallest absolute Gasteiger partial charge is 0.261 e. The molecule has 0 spiro atoms. The molecule has 104 valence electrons. The predicted octanol–water partition coefficient (Wildman–Crippen LogP) is 2.40. The number of likely N-dealkylation sites (tertiary alicyclic amines) is 1. The van der Waals surface area contributed by atoms with Gasteiger partial charge in [0.05, 0.1) is 4.90 Å². The Morgan fingerprint density at radius 1 is 1.37 bits per heavy atom. The van der Waals surface area contributed by atoms with Crippen molar-refractivity contribution in [3.8, 4) is 0 Å². The van der Waals surface area contributed by atoms with E-state index in [0.29, 0.717) is 17.0 Å². The highest BCUT2D eigenvalue weighted by atomic mass is 35.7. The van der Waals surface area contributed by atoms with E-state index in [1.165, 1.54) is 12.1 Å². The zero-order valence-electron chi connectivity index (χ0n) is 10.9. The normalized spacial score (nSPS) is 19.7. The van der Waals surface area contributed by atoms with Gasteiger partial charge in [0.25, 0.3) is 15.0 Å². The third-order valence-electron chi connectivity index (χ3n) is 3.29. The first-order valence-corrected chi connectivity index (χ1v) is 8.44. The van der Waals surface area contributed by atoms with Gasteiger partial charge in [0, 0.05) is 29.3 Å². The van der Waals surface area contributed by atoms with Gasteiger partial charge in [0.15, 0.2) is 0 Å². The predicted molar refractivity (Wildman–Crippen MR) is 73.9 cm³/mol. The van der Waals surface area contributed by atoms with E-state index in [9.17, 15) is 13.2 Å². The van der Waals surface area contributed by atoms with E-state index >= 15 is 0 Å². The number of carbonyl (C=O) groups excluding carboxylic acids is 1. The van der Waals surface area contributed by atoms with Crippen LogP contribution >= 0.6 is 10.7 Å². The second-order valence-electron chi connectivity index (χ2n) is 5.12. The van der Waals surface area contributed by atoms with Gasteiger partial charge in [-0.1, -0.05) is 6.92 Å². The van der Waals surface area contributed by atoms with Crippen LogP contribution in [-0.4, -0.2) is 32.3 Å². The molecule has 1 heterocycles. The van der Waals surface area contributed by atoms with E-state index in [2.05, 4.69) is 6.92 Å². The van der Waals surface area contributed by atoms with Crippen LogP contribution < -0.4 is 0 Å². The van der Waals surface area contributed by atoms with Gasteiger partial charge in [0.1, 0.15) is 0 Å². The second kappa shape index (κ2) is 5.13. The average Bonchev–Trinajstić information content (AvgIpc) is 2.73. The highest BCUT2D eigenvalue weighted by Crippen LogP contribution is 2.22. The number of halogens is 1. The Kier molecular flexibility index (Phi) is 3.87. The largest absolute Gasteiger partial charge is 0.338 e. The highest BCUT2D eigenvalue weighted by molar-refractivity contribution is 8.13. The van der Waals surface area contributed by atoms with Crippen molar-refractivity contribution in [2.24, 2.45) is 5.92 Å². The first kappa shape index (κ1) is 14.3. The van der Waals surface area contributed by atoms with E-state index in [1.807, 2.05) is 0 Å². The first-order valence-electron chi connectivity index (χ1n) is 6.13. The zero-order valence-corrected chi connectivity index (χ0v) is 12.5. The van der Waals surface area contributed by atoms with Gasteiger partial charge in [-0.15, -0.1) is 0 Å². The number of hydrogen-bond donors (Lipinski definition) is 0. The molecule has 1 aromatic rings. The summed E-state index contributed by atoms with van der Waals surface area (Å²) < 4.78 is 22.7. The van der Waals surface area contributed by atoms with Gasteiger partial charge in [-0.05, 0) is 43.0 Å². The summed E-state index contributed by atoms with van der Waals surface area (Å²) in [6.07, 6.45) is 0.984. The van der Waals surface area contributed by atoms with Crippen LogP contribution in [-0.2, 0) is 9.05 Å². The van der Waals surface area contributed by atoms with Crippen molar-refractivity contribution in [2.45, 2.75) is 25.2 Å². The molecular formula is C13H16ClNO3S. The molecule has 4 nitrogen and oxygen atoms in total. The van der Waals surface area contributed by atoms with Crippen molar-refractivity contribution in [3.05, 3.63) is 29.3 Å². The minimum Gasteiger partial charge on any atom is -0.338 e. The number of carbonyl (C=O) groups is 1. The Hall–Kier alpha value is -1.07. The molecule has 1 aliphatic rings. The van der Waals surface area contributed by atoms with Gasteiger partial charge >= 0.3 is 0 Å². The maximum absolute atomic E-state index is 12.3. The number of benzene rings is 1. The maximum Gasteiger partial charge on any atom is 0.261 e. The summed E-state index contributed by atoms with van der Waals surface area (Å²) in [4.78, 5) is 14.0. The third-order valence-corrected chi connectivity index (χ3v) is 4.62. The van der Waals surface area contributed by atoms with Crippen molar-refractivity contribution in [1.29, 1.82) is 0 Å². The molecule has 0 aromatic heterocycles. The molecule has 0 radical (unpaired) electrons. The van der Waals surface area contributed by atoms with Gasteiger partial charge in [-0.25, -0.2) is 8.42 Å². The molecule has 0 N–H and O–H groups in total. The summed E-state index contributed by atoms with van der Waals surface area (Å²) in [5, 5.41) is 0. The van der Waals surface area contributed by atoms with Crippen LogP contribution in [0.1, 0.15) is 29.3 Å². The van der Waals surface area contributed by atoms with E-state index in [0.717, 1.165) is 19.5 Å². The molecule has 1 amide bonds. The van der Waals surface area contributed by atoms with Crippen LogP contribution in [0.5, 0.6) is 0 Å². The van der Waals surface area contributed by atoms with Crippen molar-refractivity contribution in [1.82, 2.24) is 4.90 Å². The molecule has 0 bridgehead atoms. The van der Waals surface area contributed by atoms with Crippen molar-refractivity contribution in [3.63, 3.8) is 0 Å². The van der Waals surface area contributed by atoms with Crippen molar-refractivity contribution < 1.29 is 13.2 Å². The van der Waals surface area contributed by atoms with Crippen LogP contribution in [0.15, 0.2) is 23.1 Å². The van der Waals surface area contributed by atoms with E-state index in [-0.39, 0.29) is 10.8 Å². The fourth-order valence-electron chi connectivity index (χ4n) is 2.31. The van der Waals surface area contributed by atoms with Gasteiger partial charge in [-0.3, -0.25) is 4.79 Å². The van der Waals surface area contributed by atoms with Gasteiger partial charge < -0.3 is 4.90 Å². The number of amides is 1. The highest BCUT2D eigenvalue weighted by Gasteiger charge is 2.25. The maximum atomic E-state index is 12.3. The number of aryl methyl sites for hydroxylation is 1. The molecule has 0 saturated carbocycles.